The normalized spacial score (nSPS) is 14.3. The number of aliphatic carboxylic acids is 1. The fourth-order valence-corrected chi connectivity index (χ4v) is 1.38. The number of carboxylic acids is 1. The van der Waals surface area contributed by atoms with Crippen molar-refractivity contribution in [2.75, 3.05) is 6.61 Å². The quantitative estimate of drug-likeness (QED) is 0.741. The number of hydrogen-bond acceptors (Lipinski definition) is 4. The van der Waals surface area contributed by atoms with Crippen molar-refractivity contribution in [3.8, 4) is 5.75 Å². The van der Waals surface area contributed by atoms with Crippen LogP contribution < -0.4 is 10.1 Å². The molecule has 0 aromatic carbocycles. The zero-order valence-electron chi connectivity index (χ0n) is 10.2. The number of carbonyl (C=O) groups is 2. The highest BCUT2D eigenvalue weighted by molar-refractivity contribution is 5.84. The van der Waals surface area contributed by atoms with Gasteiger partial charge in [0.25, 0.3) is 5.91 Å². The van der Waals surface area contributed by atoms with E-state index in [-0.39, 0.29) is 12.5 Å². The van der Waals surface area contributed by atoms with Crippen LogP contribution >= 0.6 is 0 Å². The summed E-state index contributed by atoms with van der Waals surface area (Å²) in [6.07, 6.45) is 5.92. The Balaban J connectivity index is 1.80. The number of pyridine rings is 1. The predicted molar refractivity (Wildman–Crippen MR) is 67.6 cm³/mol. The number of carboxylic acid groups (broad SMARTS) is 1. The monoisotopic (exact) mass is 262 g/mol. The van der Waals surface area contributed by atoms with Crippen molar-refractivity contribution in [1.29, 1.82) is 0 Å². The first-order valence-corrected chi connectivity index (χ1v) is 5.93. The van der Waals surface area contributed by atoms with Crippen LogP contribution in [0.1, 0.15) is 18.5 Å². The van der Waals surface area contributed by atoms with Gasteiger partial charge >= 0.3 is 5.97 Å². The average Bonchev–Trinajstić information content (AvgIpc) is 3.19. The summed E-state index contributed by atoms with van der Waals surface area (Å²) in [6, 6.07) is 3.57. The molecule has 1 aliphatic rings. The van der Waals surface area contributed by atoms with Gasteiger partial charge in [-0.05, 0) is 31.1 Å². The molecule has 0 spiro atoms. The van der Waals surface area contributed by atoms with E-state index in [4.69, 9.17) is 9.84 Å². The molecule has 1 aromatic heterocycles. The van der Waals surface area contributed by atoms with Gasteiger partial charge in [-0.25, -0.2) is 4.79 Å². The first-order chi connectivity index (χ1) is 9.13. The number of nitrogens with one attached hydrogen (secondary N) is 1. The van der Waals surface area contributed by atoms with Crippen molar-refractivity contribution in [2.24, 2.45) is 0 Å². The second-order valence-electron chi connectivity index (χ2n) is 4.22. The highest BCUT2D eigenvalue weighted by Crippen LogP contribution is 2.18. The Labute approximate surface area is 110 Å². The van der Waals surface area contributed by atoms with E-state index in [2.05, 4.69) is 10.3 Å². The maximum absolute atomic E-state index is 11.4. The van der Waals surface area contributed by atoms with Crippen LogP contribution in [0.2, 0.25) is 0 Å². The summed E-state index contributed by atoms with van der Waals surface area (Å²) >= 11 is 0. The lowest BCUT2D eigenvalue weighted by molar-refractivity contribution is -0.131. The maximum atomic E-state index is 11.4. The Bertz CT molecular complexity index is 492. The van der Waals surface area contributed by atoms with Gasteiger partial charge in [0.05, 0.1) is 11.9 Å². The summed E-state index contributed by atoms with van der Waals surface area (Å²) in [5.74, 6) is -0.699. The fourth-order valence-electron chi connectivity index (χ4n) is 1.38. The van der Waals surface area contributed by atoms with Gasteiger partial charge in [0.15, 0.2) is 6.61 Å². The van der Waals surface area contributed by atoms with Gasteiger partial charge in [-0.15, -0.1) is 0 Å². The second kappa shape index (κ2) is 5.99. The number of carbonyl (C=O) groups excluding carboxylic acids is 1. The van der Waals surface area contributed by atoms with Gasteiger partial charge in [-0.3, -0.25) is 9.78 Å². The minimum absolute atomic E-state index is 0.0392. The SMILES string of the molecule is O=C(O)C=Cc1ccc(OCC(=O)NC2CC2)cn1. The highest BCUT2D eigenvalue weighted by atomic mass is 16.5. The molecule has 2 rings (SSSR count). The largest absolute Gasteiger partial charge is 0.482 e. The molecule has 0 atom stereocenters. The third kappa shape index (κ3) is 4.79. The number of amides is 1. The summed E-state index contributed by atoms with van der Waals surface area (Å²) in [4.78, 5) is 25.7. The lowest BCUT2D eigenvalue weighted by atomic mass is 10.3. The predicted octanol–water partition coefficient (Wildman–Crippen LogP) is 0.837. The van der Waals surface area contributed by atoms with Crippen molar-refractivity contribution >= 4 is 18.0 Å². The molecular formula is C13H14N2O4. The Morgan fingerprint density at radius 3 is 2.84 bits per heavy atom. The molecule has 2 N–H and O–H groups in total. The van der Waals surface area contributed by atoms with Crippen LogP contribution in [0.3, 0.4) is 0 Å². The molecule has 0 radical (unpaired) electrons. The van der Waals surface area contributed by atoms with E-state index < -0.39 is 5.97 Å². The first-order valence-electron chi connectivity index (χ1n) is 5.93. The molecule has 0 bridgehead atoms. The molecule has 1 aromatic rings. The molecule has 1 aliphatic carbocycles. The van der Waals surface area contributed by atoms with Gasteiger partial charge in [-0.2, -0.15) is 0 Å². The lowest BCUT2D eigenvalue weighted by Gasteiger charge is -2.06. The number of ether oxygens (including phenoxy) is 1. The van der Waals surface area contributed by atoms with Crippen LogP contribution in [0.5, 0.6) is 5.75 Å². The summed E-state index contributed by atoms with van der Waals surface area (Å²) < 4.78 is 5.26. The molecule has 0 aliphatic heterocycles. The zero-order valence-corrected chi connectivity index (χ0v) is 10.2. The Hall–Kier alpha value is -2.37. The Morgan fingerprint density at radius 1 is 1.47 bits per heavy atom. The average molecular weight is 262 g/mol. The van der Waals surface area contributed by atoms with Crippen molar-refractivity contribution < 1.29 is 19.4 Å². The van der Waals surface area contributed by atoms with Crippen LogP contribution in [-0.4, -0.2) is 34.6 Å². The maximum Gasteiger partial charge on any atom is 0.328 e. The molecule has 6 heteroatoms. The number of rotatable bonds is 6. The summed E-state index contributed by atoms with van der Waals surface area (Å²) in [5.41, 5.74) is 0.511. The molecule has 1 saturated carbocycles. The van der Waals surface area contributed by atoms with Crippen LogP contribution in [0.25, 0.3) is 6.08 Å². The second-order valence-corrected chi connectivity index (χ2v) is 4.22. The van der Waals surface area contributed by atoms with Gasteiger partial charge in [0.1, 0.15) is 5.75 Å². The Morgan fingerprint density at radius 2 is 2.26 bits per heavy atom. The molecule has 0 saturated heterocycles. The number of aromatic nitrogens is 1. The molecule has 0 unspecified atom stereocenters. The number of nitrogens with zero attached hydrogens (tertiary/aromatic N) is 1. The standard InChI is InChI=1S/C13H14N2O4/c16-12(15-10-1-2-10)8-19-11-5-3-9(14-7-11)4-6-13(17)18/h3-7,10H,1-2,8H2,(H,15,16)(H,17,18). The van der Waals surface area contributed by atoms with Crippen LogP contribution in [-0.2, 0) is 9.59 Å². The smallest absolute Gasteiger partial charge is 0.328 e. The molecule has 1 amide bonds. The van der Waals surface area contributed by atoms with Crippen molar-refractivity contribution in [2.45, 2.75) is 18.9 Å². The van der Waals surface area contributed by atoms with Gasteiger partial charge in [0, 0.05) is 12.1 Å². The van der Waals surface area contributed by atoms with Crippen LogP contribution in [0.4, 0.5) is 0 Å². The third-order valence-corrected chi connectivity index (χ3v) is 2.47. The zero-order chi connectivity index (χ0) is 13.7. The van der Waals surface area contributed by atoms with E-state index >= 15 is 0 Å². The fraction of sp³-hybridized carbons (Fsp3) is 0.308. The molecule has 6 nitrogen and oxygen atoms in total. The van der Waals surface area contributed by atoms with E-state index in [1.165, 1.54) is 12.3 Å². The van der Waals surface area contributed by atoms with Crippen LogP contribution in [0.15, 0.2) is 24.4 Å². The van der Waals surface area contributed by atoms with Gasteiger partial charge in [0.2, 0.25) is 0 Å². The lowest BCUT2D eigenvalue weighted by Crippen LogP contribution is -2.30. The Kier molecular flexibility index (Phi) is 4.12. The first kappa shape index (κ1) is 13.1. The van der Waals surface area contributed by atoms with Gasteiger partial charge < -0.3 is 15.2 Å². The van der Waals surface area contributed by atoms with E-state index in [1.807, 2.05) is 0 Å². The van der Waals surface area contributed by atoms with E-state index in [1.54, 1.807) is 12.1 Å². The third-order valence-electron chi connectivity index (χ3n) is 2.47. The minimum atomic E-state index is -1.03. The molecule has 1 fully saturated rings. The minimum Gasteiger partial charge on any atom is -0.482 e. The molecular weight excluding hydrogens is 248 g/mol. The molecule has 100 valence electrons. The number of hydrogen-bond donors (Lipinski definition) is 2. The van der Waals surface area contributed by atoms with Crippen LogP contribution in [0, 0.1) is 0 Å². The van der Waals surface area contributed by atoms with E-state index in [9.17, 15) is 9.59 Å². The van der Waals surface area contributed by atoms with E-state index in [0.717, 1.165) is 18.9 Å². The summed E-state index contributed by atoms with van der Waals surface area (Å²) in [6.45, 7) is -0.0392. The van der Waals surface area contributed by atoms with Gasteiger partial charge in [-0.1, -0.05) is 0 Å². The summed E-state index contributed by atoms with van der Waals surface area (Å²) in [5, 5.41) is 11.3. The van der Waals surface area contributed by atoms with Crippen molar-refractivity contribution in [3.05, 3.63) is 30.1 Å². The highest BCUT2D eigenvalue weighted by Gasteiger charge is 2.23. The van der Waals surface area contributed by atoms with Crippen molar-refractivity contribution in [3.63, 3.8) is 0 Å². The topological polar surface area (TPSA) is 88.5 Å². The summed E-state index contributed by atoms with van der Waals surface area (Å²) in [7, 11) is 0. The molecule has 1 heterocycles. The van der Waals surface area contributed by atoms with E-state index in [0.29, 0.717) is 17.5 Å². The molecule has 19 heavy (non-hydrogen) atoms. The van der Waals surface area contributed by atoms with Crippen molar-refractivity contribution in [1.82, 2.24) is 10.3 Å².